The van der Waals surface area contributed by atoms with Crippen LogP contribution in [0.2, 0.25) is 0 Å². The molecule has 22 heavy (non-hydrogen) atoms. The molecule has 0 atom stereocenters. The SMILES string of the molecule is COc1ccc(SCC(=O)N2CCC(O)(C(=O)O)CC2)cc1. The molecule has 0 aromatic heterocycles. The van der Waals surface area contributed by atoms with Gasteiger partial charge in [-0.3, -0.25) is 4.79 Å². The lowest BCUT2D eigenvalue weighted by atomic mass is 9.92. The molecule has 1 amide bonds. The first-order valence-corrected chi connectivity index (χ1v) is 7.93. The van der Waals surface area contributed by atoms with Gasteiger partial charge in [-0.05, 0) is 24.3 Å². The van der Waals surface area contributed by atoms with Crippen LogP contribution in [0.3, 0.4) is 0 Å². The van der Waals surface area contributed by atoms with Gasteiger partial charge in [-0.2, -0.15) is 0 Å². The monoisotopic (exact) mass is 325 g/mol. The molecule has 6 nitrogen and oxygen atoms in total. The van der Waals surface area contributed by atoms with E-state index in [4.69, 9.17) is 9.84 Å². The third kappa shape index (κ3) is 3.92. The van der Waals surface area contributed by atoms with Gasteiger partial charge in [-0.15, -0.1) is 11.8 Å². The summed E-state index contributed by atoms with van der Waals surface area (Å²) in [6.45, 7) is 0.537. The van der Waals surface area contributed by atoms with E-state index in [-0.39, 0.29) is 37.6 Å². The summed E-state index contributed by atoms with van der Waals surface area (Å²) in [6, 6.07) is 7.44. The number of hydrogen-bond donors (Lipinski definition) is 2. The van der Waals surface area contributed by atoms with Crippen LogP contribution in [0.25, 0.3) is 0 Å². The number of rotatable bonds is 5. The first-order chi connectivity index (χ1) is 10.4. The third-order valence-corrected chi connectivity index (χ3v) is 4.76. The number of thioether (sulfide) groups is 1. The number of carbonyl (C=O) groups is 2. The maximum absolute atomic E-state index is 12.1. The Morgan fingerprint density at radius 2 is 1.86 bits per heavy atom. The van der Waals surface area contributed by atoms with Crippen LogP contribution in [-0.2, 0) is 9.59 Å². The number of likely N-dealkylation sites (tertiary alicyclic amines) is 1. The first-order valence-electron chi connectivity index (χ1n) is 6.95. The minimum atomic E-state index is -1.69. The summed E-state index contributed by atoms with van der Waals surface area (Å²) in [4.78, 5) is 25.6. The molecule has 0 radical (unpaired) electrons. The second kappa shape index (κ2) is 7.02. The van der Waals surface area contributed by atoms with E-state index in [1.54, 1.807) is 12.0 Å². The van der Waals surface area contributed by atoms with Gasteiger partial charge in [0.2, 0.25) is 5.91 Å². The molecule has 7 heteroatoms. The van der Waals surface area contributed by atoms with Crippen molar-refractivity contribution in [1.29, 1.82) is 0 Å². The van der Waals surface area contributed by atoms with Crippen LogP contribution in [0.15, 0.2) is 29.2 Å². The zero-order valence-corrected chi connectivity index (χ0v) is 13.1. The predicted molar refractivity (Wildman–Crippen MR) is 82.1 cm³/mol. The number of aliphatic hydroxyl groups is 1. The Kier molecular flexibility index (Phi) is 5.31. The number of aliphatic carboxylic acids is 1. The number of carboxylic acid groups (broad SMARTS) is 1. The van der Waals surface area contributed by atoms with E-state index in [0.717, 1.165) is 10.6 Å². The molecule has 1 aromatic carbocycles. The van der Waals surface area contributed by atoms with Gasteiger partial charge < -0.3 is 19.8 Å². The Balaban J connectivity index is 1.82. The normalized spacial score (nSPS) is 17.1. The maximum atomic E-state index is 12.1. The summed E-state index contributed by atoms with van der Waals surface area (Å²) in [6.07, 6.45) is 0.141. The van der Waals surface area contributed by atoms with E-state index < -0.39 is 11.6 Å². The van der Waals surface area contributed by atoms with Crippen molar-refractivity contribution >= 4 is 23.6 Å². The molecule has 1 saturated heterocycles. The number of nitrogens with zero attached hydrogens (tertiary/aromatic N) is 1. The van der Waals surface area contributed by atoms with E-state index >= 15 is 0 Å². The molecule has 120 valence electrons. The fourth-order valence-corrected chi connectivity index (χ4v) is 3.05. The van der Waals surface area contributed by atoms with Crippen molar-refractivity contribution in [3.05, 3.63) is 24.3 Å². The summed E-state index contributed by atoms with van der Waals surface area (Å²) in [5.41, 5.74) is -1.69. The van der Waals surface area contributed by atoms with Gasteiger partial charge in [-0.1, -0.05) is 0 Å². The standard InChI is InChI=1S/C15H19NO5S/c1-21-11-2-4-12(5-3-11)22-10-13(17)16-8-6-15(20,7-9-16)14(18)19/h2-5,20H,6-10H2,1H3,(H,18,19). The topological polar surface area (TPSA) is 87.1 Å². The molecule has 1 fully saturated rings. The number of carbonyl (C=O) groups excluding carboxylic acids is 1. The van der Waals surface area contributed by atoms with Gasteiger partial charge in [0.1, 0.15) is 5.75 Å². The summed E-state index contributed by atoms with van der Waals surface area (Å²) in [7, 11) is 1.60. The summed E-state index contributed by atoms with van der Waals surface area (Å²) in [5.74, 6) is -0.210. The second-order valence-electron chi connectivity index (χ2n) is 5.18. The van der Waals surface area contributed by atoms with Crippen molar-refractivity contribution in [2.75, 3.05) is 26.0 Å². The molecule has 2 N–H and O–H groups in total. The average molecular weight is 325 g/mol. The van der Waals surface area contributed by atoms with E-state index in [1.807, 2.05) is 24.3 Å². The molecular formula is C15H19NO5S. The summed E-state index contributed by atoms with van der Waals surface area (Å²) < 4.78 is 5.07. The zero-order chi connectivity index (χ0) is 16.2. The number of hydrogen-bond acceptors (Lipinski definition) is 5. The Hall–Kier alpha value is -1.73. The second-order valence-corrected chi connectivity index (χ2v) is 6.23. The Morgan fingerprint density at radius 3 is 2.36 bits per heavy atom. The lowest BCUT2D eigenvalue weighted by Crippen LogP contribution is -2.51. The summed E-state index contributed by atoms with van der Waals surface area (Å²) in [5, 5.41) is 18.8. The van der Waals surface area contributed by atoms with Gasteiger partial charge in [0.05, 0.1) is 12.9 Å². The minimum Gasteiger partial charge on any atom is -0.497 e. The zero-order valence-electron chi connectivity index (χ0n) is 12.3. The number of carboxylic acids is 1. The highest BCUT2D eigenvalue weighted by molar-refractivity contribution is 8.00. The predicted octanol–water partition coefficient (Wildman–Crippen LogP) is 1.23. The van der Waals surface area contributed by atoms with Gasteiger partial charge >= 0.3 is 5.97 Å². The lowest BCUT2D eigenvalue weighted by Gasteiger charge is -2.35. The Labute approximate surface area is 133 Å². The van der Waals surface area contributed by atoms with Crippen LogP contribution in [0, 0.1) is 0 Å². The molecule has 1 aliphatic rings. The van der Waals surface area contributed by atoms with Gasteiger partial charge in [0.25, 0.3) is 0 Å². The molecule has 0 aliphatic carbocycles. The molecule has 0 spiro atoms. The maximum Gasteiger partial charge on any atom is 0.335 e. The molecule has 0 unspecified atom stereocenters. The van der Waals surface area contributed by atoms with Gasteiger partial charge in [0, 0.05) is 30.8 Å². The van der Waals surface area contributed by atoms with Gasteiger partial charge in [-0.25, -0.2) is 4.79 Å². The fourth-order valence-electron chi connectivity index (χ4n) is 2.25. The molecular weight excluding hydrogens is 306 g/mol. The van der Waals surface area contributed by atoms with Crippen molar-refractivity contribution in [2.24, 2.45) is 0 Å². The molecule has 1 aliphatic heterocycles. The number of methoxy groups -OCH3 is 1. The van der Waals surface area contributed by atoms with Crippen LogP contribution >= 0.6 is 11.8 Å². The van der Waals surface area contributed by atoms with Crippen LogP contribution < -0.4 is 4.74 Å². The van der Waals surface area contributed by atoms with Crippen molar-refractivity contribution in [2.45, 2.75) is 23.3 Å². The minimum absolute atomic E-state index is 0.0479. The first kappa shape index (κ1) is 16.6. The van der Waals surface area contributed by atoms with Crippen molar-refractivity contribution in [3.8, 4) is 5.75 Å². The molecule has 0 bridgehead atoms. The van der Waals surface area contributed by atoms with Crippen molar-refractivity contribution in [1.82, 2.24) is 4.90 Å². The third-order valence-electron chi connectivity index (χ3n) is 3.76. The van der Waals surface area contributed by atoms with Crippen molar-refractivity contribution in [3.63, 3.8) is 0 Å². The molecule has 2 rings (SSSR count). The number of ether oxygens (including phenoxy) is 1. The number of amides is 1. The van der Waals surface area contributed by atoms with E-state index in [0.29, 0.717) is 0 Å². The smallest absolute Gasteiger partial charge is 0.335 e. The number of piperidine rings is 1. The number of benzene rings is 1. The quantitative estimate of drug-likeness (QED) is 0.792. The van der Waals surface area contributed by atoms with Crippen LogP contribution in [0.1, 0.15) is 12.8 Å². The van der Waals surface area contributed by atoms with E-state index in [2.05, 4.69) is 0 Å². The van der Waals surface area contributed by atoms with Crippen LogP contribution in [0.5, 0.6) is 5.75 Å². The van der Waals surface area contributed by atoms with Crippen molar-refractivity contribution < 1.29 is 24.5 Å². The van der Waals surface area contributed by atoms with E-state index in [9.17, 15) is 14.7 Å². The van der Waals surface area contributed by atoms with Crippen LogP contribution in [-0.4, -0.2) is 58.5 Å². The van der Waals surface area contributed by atoms with Gasteiger partial charge in [0.15, 0.2) is 5.60 Å². The highest BCUT2D eigenvalue weighted by Gasteiger charge is 2.40. The van der Waals surface area contributed by atoms with Crippen LogP contribution in [0.4, 0.5) is 0 Å². The Bertz CT molecular complexity index is 537. The highest BCUT2D eigenvalue weighted by atomic mass is 32.2. The fraction of sp³-hybridized carbons (Fsp3) is 0.467. The molecule has 1 heterocycles. The van der Waals surface area contributed by atoms with E-state index in [1.165, 1.54) is 11.8 Å². The largest absolute Gasteiger partial charge is 0.497 e. The lowest BCUT2D eigenvalue weighted by molar-refractivity contribution is -0.165. The average Bonchev–Trinajstić information content (AvgIpc) is 2.53. The molecule has 0 saturated carbocycles. The molecule has 1 aromatic rings. The highest BCUT2D eigenvalue weighted by Crippen LogP contribution is 2.25. The summed E-state index contributed by atoms with van der Waals surface area (Å²) >= 11 is 1.42. The Morgan fingerprint density at radius 1 is 1.27 bits per heavy atom.